The van der Waals surface area contributed by atoms with Gasteiger partial charge in [-0.1, -0.05) is 32.9 Å². The van der Waals surface area contributed by atoms with Gasteiger partial charge in [0.15, 0.2) is 0 Å². The molecule has 4 heteroatoms. The van der Waals surface area contributed by atoms with Crippen LogP contribution in [0.5, 0.6) is 11.6 Å². The first-order valence-electron chi connectivity index (χ1n) is 6.76. The maximum Gasteiger partial charge on any atom is 0.341 e. The number of carboxylic acid groups (broad SMARTS) is 1. The predicted octanol–water partition coefficient (Wildman–Crippen LogP) is 4.18. The summed E-state index contributed by atoms with van der Waals surface area (Å²) in [5.41, 5.74) is 1.97. The van der Waals surface area contributed by atoms with Crippen molar-refractivity contribution in [3.8, 4) is 11.6 Å². The van der Waals surface area contributed by atoms with Gasteiger partial charge in [0, 0.05) is 6.20 Å². The fourth-order valence-corrected chi connectivity index (χ4v) is 2.01. The zero-order chi connectivity index (χ0) is 15.6. The number of pyridine rings is 1. The molecule has 1 aromatic carbocycles. The van der Waals surface area contributed by atoms with E-state index in [1.165, 1.54) is 5.56 Å². The Morgan fingerprint density at radius 2 is 1.76 bits per heavy atom. The molecule has 0 aliphatic rings. The van der Waals surface area contributed by atoms with Crippen LogP contribution in [0.25, 0.3) is 0 Å². The molecule has 1 N–H and O–H groups in total. The van der Waals surface area contributed by atoms with Crippen molar-refractivity contribution >= 4 is 5.97 Å². The molecule has 0 bridgehead atoms. The van der Waals surface area contributed by atoms with Crippen LogP contribution in [0.2, 0.25) is 0 Å². The quantitative estimate of drug-likeness (QED) is 0.919. The largest absolute Gasteiger partial charge is 0.477 e. The van der Waals surface area contributed by atoms with E-state index in [9.17, 15) is 9.90 Å². The number of carboxylic acids is 1. The molecule has 0 spiro atoms. The molecule has 0 fully saturated rings. The molecule has 1 heterocycles. The number of ether oxygens (including phenoxy) is 1. The van der Waals surface area contributed by atoms with Crippen molar-refractivity contribution in [2.75, 3.05) is 0 Å². The fraction of sp³-hybridized carbons (Fsp3) is 0.294. The number of aryl methyl sites for hydroxylation is 1. The summed E-state index contributed by atoms with van der Waals surface area (Å²) in [6, 6.07) is 9.27. The molecule has 0 aliphatic carbocycles. The van der Waals surface area contributed by atoms with Crippen LogP contribution in [-0.2, 0) is 5.41 Å². The Morgan fingerprint density at radius 3 is 2.29 bits per heavy atom. The summed E-state index contributed by atoms with van der Waals surface area (Å²) in [6.07, 6.45) is 1.54. The molecule has 0 saturated heterocycles. The zero-order valence-corrected chi connectivity index (χ0v) is 12.7. The standard InChI is InChI=1S/C17H19NO3/c1-11-9-10-18-15(14(11)16(19)20)21-13-7-5-12(6-8-13)17(2,3)4/h5-10H,1-4H3,(H,19,20). The summed E-state index contributed by atoms with van der Waals surface area (Å²) in [5.74, 6) is -0.350. The van der Waals surface area contributed by atoms with Crippen LogP contribution in [0.1, 0.15) is 42.3 Å². The number of aromatic carboxylic acids is 1. The minimum Gasteiger partial charge on any atom is -0.477 e. The van der Waals surface area contributed by atoms with Gasteiger partial charge >= 0.3 is 5.97 Å². The normalized spacial score (nSPS) is 11.2. The highest BCUT2D eigenvalue weighted by atomic mass is 16.5. The van der Waals surface area contributed by atoms with E-state index >= 15 is 0 Å². The monoisotopic (exact) mass is 285 g/mol. The van der Waals surface area contributed by atoms with Crippen molar-refractivity contribution in [1.29, 1.82) is 0 Å². The number of carbonyl (C=O) groups is 1. The topological polar surface area (TPSA) is 59.4 Å². The summed E-state index contributed by atoms with van der Waals surface area (Å²) in [7, 11) is 0. The molecule has 0 saturated carbocycles. The van der Waals surface area contributed by atoms with Crippen LogP contribution in [-0.4, -0.2) is 16.1 Å². The van der Waals surface area contributed by atoms with Crippen molar-refractivity contribution < 1.29 is 14.6 Å². The lowest BCUT2D eigenvalue weighted by Crippen LogP contribution is -2.10. The summed E-state index contributed by atoms with van der Waals surface area (Å²) in [4.78, 5) is 15.3. The highest BCUT2D eigenvalue weighted by Gasteiger charge is 2.17. The number of hydrogen-bond donors (Lipinski definition) is 1. The SMILES string of the molecule is Cc1ccnc(Oc2ccc(C(C)(C)C)cc2)c1C(=O)O. The maximum atomic E-state index is 11.3. The van der Waals surface area contributed by atoms with Gasteiger partial charge in [-0.3, -0.25) is 0 Å². The van der Waals surface area contributed by atoms with Gasteiger partial charge in [-0.25, -0.2) is 9.78 Å². The van der Waals surface area contributed by atoms with Crippen LogP contribution in [0, 0.1) is 6.92 Å². The van der Waals surface area contributed by atoms with E-state index in [4.69, 9.17) is 4.74 Å². The molecular formula is C17H19NO3. The third-order valence-corrected chi connectivity index (χ3v) is 3.27. The lowest BCUT2D eigenvalue weighted by Gasteiger charge is -2.19. The molecule has 0 unspecified atom stereocenters. The first-order valence-corrected chi connectivity index (χ1v) is 6.76. The van der Waals surface area contributed by atoms with E-state index in [0.717, 1.165) is 0 Å². The molecule has 1 aromatic heterocycles. The highest BCUT2D eigenvalue weighted by Crippen LogP contribution is 2.28. The van der Waals surface area contributed by atoms with Gasteiger partial charge in [-0.2, -0.15) is 0 Å². The molecule has 2 rings (SSSR count). The van der Waals surface area contributed by atoms with E-state index in [0.29, 0.717) is 11.3 Å². The van der Waals surface area contributed by atoms with Gasteiger partial charge in [-0.15, -0.1) is 0 Å². The van der Waals surface area contributed by atoms with Crippen LogP contribution in [0.3, 0.4) is 0 Å². The van der Waals surface area contributed by atoms with E-state index in [-0.39, 0.29) is 16.9 Å². The van der Waals surface area contributed by atoms with E-state index in [1.54, 1.807) is 19.2 Å². The summed E-state index contributed by atoms with van der Waals surface area (Å²) >= 11 is 0. The number of hydrogen-bond acceptors (Lipinski definition) is 3. The minimum atomic E-state index is -1.04. The first kappa shape index (κ1) is 15.0. The van der Waals surface area contributed by atoms with E-state index in [2.05, 4.69) is 25.8 Å². The van der Waals surface area contributed by atoms with Gasteiger partial charge in [0.2, 0.25) is 5.88 Å². The second-order valence-electron chi connectivity index (χ2n) is 5.99. The van der Waals surface area contributed by atoms with E-state index in [1.807, 2.05) is 24.3 Å². The second-order valence-corrected chi connectivity index (χ2v) is 5.99. The molecule has 0 amide bonds. The highest BCUT2D eigenvalue weighted by molar-refractivity contribution is 5.91. The first-order chi connectivity index (χ1) is 9.79. The number of rotatable bonds is 3. The number of benzene rings is 1. The number of aromatic nitrogens is 1. The second kappa shape index (κ2) is 5.56. The summed E-state index contributed by atoms with van der Waals surface area (Å²) < 4.78 is 5.63. The molecular weight excluding hydrogens is 266 g/mol. The predicted molar refractivity (Wildman–Crippen MR) is 81.1 cm³/mol. The van der Waals surface area contributed by atoms with Gasteiger partial charge in [0.25, 0.3) is 0 Å². The van der Waals surface area contributed by atoms with Crippen molar-refractivity contribution in [2.45, 2.75) is 33.1 Å². The molecule has 110 valence electrons. The van der Waals surface area contributed by atoms with Gasteiger partial charge in [0.05, 0.1) is 0 Å². The fourth-order valence-electron chi connectivity index (χ4n) is 2.01. The lowest BCUT2D eigenvalue weighted by molar-refractivity contribution is 0.0692. The third-order valence-electron chi connectivity index (χ3n) is 3.27. The van der Waals surface area contributed by atoms with Gasteiger partial charge in [0.1, 0.15) is 11.3 Å². The molecule has 4 nitrogen and oxygen atoms in total. The minimum absolute atomic E-state index is 0.0618. The average Bonchev–Trinajstić information content (AvgIpc) is 2.38. The van der Waals surface area contributed by atoms with Crippen LogP contribution < -0.4 is 4.74 Å². The van der Waals surface area contributed by atoms with Crippen LogP contribution >= 0.6 is 0 Å². The Bertz CT molecular complexity index is 655. The van der Waals surface area contributed by atoms with Crippen molar-refractivity contribution in [3.05, 3.63) is 53.2 Å². The molecule has 0 atom stereocenters. The third kappa shape index (κ3) is 3.40. The Labute approximate surface area is 124 Å². The van der Waals surface area contributed by atoms with E-state index < -0.39 is 5.97 Å². The molecule has 21 heavy (non-hydrogen) atoms. The zero-order valence-electron chi connectivity index (χ0n) is 12.7. The Balaban J connectivity index is 2.31. The Hall–Kier alpha value is -2.36. The van der Waals surface area contributed by atoms with Gasteiger partial charge < -0.3 is 9.84 Å². The molecule has 0 radical (unpaired) electrons. The smallest absolute Gasteiger partial charge is 0.341 e. The van der Waals surface area contributed by atoms with Gasteiger partial charge in [-0.05, 0) is 41.7 Å². The van der Waals surface area contributed by atoms with Crippen LogP contribution in [0.15, 0.2) is 36.5 Å². The lowest BCUT2D eigenvalue weighted by atomic mass is 9.87. The molecule has 2 aromatic rings. The summed E-state index contributed by atoms with van der Waals surface area (Å²) in [5, 5.41) is 9.26. The van der Waals surface area contributed by atoms with Crippen LogP contribution in [0.4, 0.5) is 0 Å². The maximum absolute atomic E-state index is 11.3. The Kier molecular flexibility index (Phi) is 3.98. The van der Waals surface area contributed by atoms with Crippen molar-refractivity contribution in [1.82, 2.24) is 4.98 Å². The van der Waals surface area contributed by atoms with Crippen molar-refractivity contribution in [2.24, 2.45) is 0 Å². The molecule has 0 aliphatic heterocycles. The summed E-state index contributed by atoms with van der Waals surface area (Å²) in [6.45, 7) is 8.12. The van der Waals surface area contributed by atoms with Crippen molar-refractivity contribution in [3.63, 3.8) is 0 Å². The number of nitrogens with zero attached hydrogens (tertiary/aromatic N) is 1. The average molecular weight is 285 g/mol. The Morgan fingerprint density at radius 1 is 1.14 bits per heavy atom.